The molecule has 1 aliphatic heterocycles. The summed E-state index contributed by atoms with van der Waals surface area (Å²) >= 11 is 0. The molecule has 10 heteroatoms. The predicted molar refractivity (Wildman–Crippen MR) is 128 cm³/mol. The van der Waals surface area contributed by atoms with Gasteiger partial charge in [-0.25, -0.2) is 9.59 Å². The van der Waals surface area contributed by atoms with E-state index in [4.69, 9.17) is 9.47 Å². The molecule has 2 aromatic carbocycles. The second-order valence-corrected chi connectivity index (χ2v) is 8.43. The van der Waals surface area contributed by atoms with Crippen molar-refractivity contribution in [2.75, 3.05) is 20.4 Å². The lowest BCUT2D eigenvalue weighted by atomic mass is 9.84. The van der Waals surface area contributed by atoms with Crippen LogP contribution in [0.1, 0.15) is 47.4 Å². The summed E-state index contributed by atoms with van der Waals surface area (Å²) in [5.41, 5.74) is -0.237. The monoisotopic (exact) mass is 491 g/mol. The van der Waals surface area contributed by atoms with E-state index >= 15 is 0 Å². The number of aromatic amines is 1. The normalized spacial score (nSPS) is 14.9. The first-order chi connectivity index (χ1) is 17.3. The number of benzene rings is 1. The number of hydrogen-bond acceptors (Lipinski definition) is 7. The number of ether oxygens (including phenoxy) is 3. The summed E-state index contributed by atoms with van der Waals surface area (Å²) in [7, 11) is 1.12. The number of fused-ring (bicyclic) bond motifs is 1. The minimum atomic E-state index is -1.03. The number of aromatic nitrogens is 2. The van der Waals surface area contributed by atoms with Gasteiger partial charge in [0, 0.05) is 24.1 Å². The second kappa shape index (κ2) is 10.4. The number of carbonyl (C=O) groups is 2. The Balaban J connectivity index is 1.93. The lowest BCUT2D eigenvalue weighted by Crippen LogP contribution is -2.53. The van der Waals surface area contributed by atoms with E-state index in [2.05, 4.69) is 21.9 Å². The zero-order valence-corrected chi connectivity index (χ0v) is 20.0. The van der Waals surface area contributed by atoms with Crippen LogP contribution in [0.15, 0.2) is 58.1 Å². The summed E-state index contributed by atoms with van der Waals surface area (Å²) in [5.74, 6) is -1.39. The van der Waals surface area contributed by atoms with Gasteiger partial charge in [-0.3, -0.25) is 19.1 Å². The molecule has 0 aliphatic carbocycles. The number of rotatable bonds is 7. The van der Waals surface area contributed by atoms with Gasteiger partial charge in [0.25, 0.3) is 11.5 Å². The predicted octanol–water partition coefficient (Wildman–Crippen LogP) is 2.49. The zero-order chi connectivity index (χ0) is 25.8. The molecule has 0 bridgehead atoms. The molecule has 1 aliphatic rings. The molecule has 2 atom stereocenters. The fraction of sp³-hybridized carbons (Fsp3) is 0.308. The van der Waals surface area contributed by atoms with Gasteiger partial charge in [0.2, 0.25) is 12.5 Å². The van der Waals surface area contributed by atoms with Crippen molar-refractivity contribution >= 4 is 12.1 Å². The topological polar surface area (TPSA) is 120 Å². The highest BCUT2D eigenvalue weighted by molar-refractivity contribution is 5.96. The number of H-pyrrole nitrogens is 1. The minimum Gasteiger partial charge on any atom is -0.449 e. The van der Waals surface area contributed by atoms with Crippen LogP contribution in [0.5, 0.6) is 5.75 Å². The van der Waals surface area contributed by atoms with Gasteiger partial charge in [0.15, 0.2) is 5.69 Å². The molecule has 0 spiro atoms. The van der Waals surface area contributed by atoms with E-state index in [9.17, 15) is 19.2 Å². The van der Waals surface area contributed by atoms with Crippen molar-refractivity contribution in [3.05, 3.63) is 98.3 Å². The van der Waals surface area contributed by atoms with Crippen molar-refractivity contribution in [1.29, 1.82) is 0 Å². The van der Waals surface area contributed by atoms with E-state index in [1.54, 1.807) is 11.0 Å². The third kappa shape index (κ3) is 4.68. The quantitative estimate of drug-likeness (QED) is 0.398. The Morgan fingerprint density at radius 2 is 1.89 bits per heavy atom. The van der Waals surface area contributed by atoms with E-state index in [0.29, 0.717) is 0 Å². The van der Waals surface area contributed by atoms with Crippen LogP contribution in [0.4, 0.5) is 4.79 Å². The lowest BCUT2D eigenvalue weighted by molar-refractivity contribution is 0.0127. The van der Waals surface area contributed by atoms with Gasteiger partial charge in [0.05, 0.1) is 13.2 Å². The molecule has 0 saturated heterocycles. The maximum atomic E-state index is 13.6. The molecule has 2 heterocycles. The van der Waals surface area contributed by atoms with Gasteiger partial charge in [-0.2, -0.15) is 0 Å². The molecule has 186 valence electrons. The summed E-state index contributed by atoms with van der Waals surface area (Å²) in [6.07, 6.45) is -1.03. The molecule has 10 nitrogen and oxygen atoms in total. The average molecular weight is 492 g/mol. The molecule has 1 aromatic heterocycles. The molecule has 4 rings (SSSR count). The SMILES string of the molecule is COC(=O)OCOc1c2n(c(=O)[nH]c1=O)[C@@H](C(c1c#cccc1)c1ccccc1)CN(C(C)C)C2=O. The van der Waals surface area contributed by atoms with Crippen molar-refractivity contribution < 1.29 is 23.8 Å². The van der Waals surface area contributed by atoms with E-state index in [1.807, 2.05) is 56.3 Å². The van der Waals surface area contributed by atoms with Gasteiger partial charge in [-0.05, 0) is 31.5 Å². The third-order valence-corrected chi connectivity index (χ3v) is 6.00. The first-order valence-corrected chi connectivity index (χ1v) is 11.3. The fourth-order valence-corrected chi connectivity index (χ4v) is 4.40. The number of methoxy groups -OCH3 is 1. The number of hydrogen-bond donors (Lipinski definition) is 1. The number of amides is 1. The zero-order valence-electron chi connectivity index (χ0n) is 20.0. The van der Waals surface area contributed by atoms with E-state index in [1.165, 1.54) is 4.57 Å². The highest BCUT2D eigenvalue weighted by Gasteiger charge is 2.41. The van der Waals surface area contributed by atoms with Crippen LogP contribution in [-0.2, 0) is 9.47 Å². The summed E-state index contributed by atoms with van der Waals surface area (Å²) in [6, 6.07) is 20.2. The molecule has 3 aromatic rings. The Morgan fingerprint density at radius 1 is 1.14 bits per heavy atom. The molecule has 0 saturated carbocycles. The maximum absolute atomic E-state index is 13.6. The van der Waals surface area contributed by atoms with Crippen molar-refractivity contribution in [3.8, 4) is 5.75 Å². The Hall–Kier alpha value is -4.52. The summed E-state index contributed by atoms with van der Waals surface area (Å²) in [4.78, 5) is 54.7. The van der Waals surface area contributed by atoms with E-state index in [-0.39, 0.29) is 18.3 Å². The van der Waals surface area contributed by atoms with Crippen LogP contribution in [0.2, 0.25) is 0 Å². The molecule has 1 unspecified atom stereocenters. The average Bonchev–Trinajstić information content (AvgIpc) is 2.88. The van der Waals surface area contributed by atoms with Crippen LogP contribution in [0, 0.1) is 12.1 Å². The van der Waals surface area contributed by atoms with Crippen molar-refractivity contribution in [2.45, 2.75) is 31.8 Å². The van der Waals surface area contributed by atoms with Crippen LogP contribution < -0.4 is 16.0 Å². The maximum Gasteiger partial charge on any atom is 0.510 e. The van der Waals surface area contributed by atoms with Crippen LogP contribution >= 0.6 is 0 Å². The molecule has 36 heavy (non-hydrogen) atoms. The first-order valence-electron chi connectivity index (χ1n) is 11.3. The third-order valence-electron chi connectivity index (χ3n) is 6.00. The largest absolute Gasteiger partial charge is 0.510 e. The Labute approximate surface area is 207 Å². The van der Waals surface area contributed by atoms with Gasteiger partial charge in [-0.1, -0.05) is 48.5 Å². The first kappa shape index (κ1) is 24.6. The number of carbonyl (C=O) groups excluding carboxylic acids is 2. The van der Waals surface area contributed by atoms with E-state index < -0.39 is 47.8 Å². The van der Waals surface area contributed by atoms with E-state index in [0.717, 1.165) is 18.2 Å². The van der Waals surface area contributed by atoms with Crippen molar-refractivity contribution in [1.82, 2.24) is 14.5 Å². The van der Waals surface area contributed by atoms with Crippen molar-refractivity contribution in [3.63, 3.8) is 0 Å². The molecule has 0 radical (unpaired) electrons. The molecular weight excluding hydrogens is 466 g/mol. The Bertz CT molecular complexity index is 1310. The highest BCUT2D eigenvalue weighted by Crippen LogP contribution is 2.39. The van der Waals surface area contributed by atoms with Crippen molar-refractivity contribution in [2.24, 2.45) is 0 Å². The molecule has 1 N–H and O–H groups in total. The summed E-state index contributed by atoms with van der Waals surface area (Å²) < 4.78 is 15.8. The number of nitrogens with one attached hydrogen (secondary N) is 1. The lowest BCUT2D eigenvalue weighted by Gasteiger charge is -2.41. The minimum absolute atomic E-state index is 0.190. The van der Waals surface area contributed by atoms with Gasteiger partial charge < -0.3 is 19.1 Å². The summed E-state index contributed by atoms with van der Waals surface area (Å²) in [6.45, 7) is 3.19. The van der Waals surface area contributed by atoms with Gasteiger partial charge in [-0.15, -0.1) is 0 Å². The standard InChI is InChI=1S/C26H25N3O7/c1-16(2)28-14-19(20(17-10-6-4-7-11-17)18-12-8-5-9-13-18)29-21(24(28)31)22(23(30)27-25(29)32)35-15-36-26(33)34-3/h4-8,10-12,16,19-20H,14-15H2,1-3H3,(H,27,30,32)/t19-,20?/m1/s1. The Morgan fingerprint density at radius 3 is 2.53 bits per heavy atom. The fourth-order valence-electron chi connectivity index (χ4n) is 4.40. The summed E-state index contributed by atoms with van der Waals surface area (Å²) in [5, 5.41) is 0. The number of nitrogens with zero attached hydrogens (tertiary/aromatic N) is 2. The molecule has 1 amide bonds. The van der Waals surface area contributed by atoms with Gasteiger partial charge >= 0.3 is 11.8 Å². The van der Waals surface area contributed by atoms with Gasteiger partial charge in [0.1, 0.15) is 0 Å². The smallest absolute Gasteiger partial charge is 0.449 e. The highest BCUT2D eigenvalue weighted by atomic mass is 16.8. The van der Waals surface area contributed by atoms with Crippen LogP contribution in [0.3, 0.4) is 0 Å². The van der Waals surface area contributed by atoms with Crippen LogP contribution in [-0.4, -0.2) is 53.0 Å². The second-order valence-electron chi connectivity index (χ2n) is 8.43. The van der Waals surface area contributed by atoms with Crippen LogP contribution in [0.25, 0.3) is 0 Å². The Kier molecular flexibility index (Phi) is 7.10. The molecule has 0 fully saturated rings. The molecular formula is C26H25N3O7.